The SMILES string of the molecule is CCOc1cc([C@H]2CC(=O)N3C(=C2C#N)SC[C@@]3(O)c2ccc(C)cc2)ccc1O. The summed E-state index contributed by atoms with van der Waals surface area (Å²) >= 11 is 1.32. The van der Waals surface area contributed by atoms with E-state index >= 15 is 0 Å². The fourth-order valence-corrected chi connectivity index (χ4v) is 5.32. The monoisotopic (exact) mass is 422 g/mol. The summed E-state index contributed by atoms with van der Waals surface area (Å²) < 4.78 is 5.46. The number of thioether (sulfide) groups is 1. The summed E-state index contributed by atoms with van der Waals surface area (Å²) in [5, 5.41) is 31.8. The molecule has 2 heterocycles. The Bertz CT molecular complexity index is 1070. The Morgan fingerprint density at radius 2 is 2.03 bits per heavy atom. The van der Waals surface area contributed by atoms with Gasteiger partial charge < -0.3 is 14.9 Å². The number of hydrogen-bond donors (Lipinski definition) is 2. The van der Waals surface area contributed by atoms with E-state index in [0.29, 0.717) is 28.5 Å². The molecule has 154 valence electrons. The highest BCUT2D eigenvalue weighted by atomic mass is 32.2. The van der Waals surface area contributed by atoms with Crippen molar-refractivity contribution in [2.24, 2.45) is 0 Å². The standard InChI is InChI=1S/C23H22N2O4S/c1-3-29-20-10-15(6-9-19(20)26)17-11-21(27)25-22(18(17)12-24)30-13-23(25,28)16-7-4-14(2)5-8-16/h4-10,17,26,28H,3,11,13H2,1-2H3/t17-,23-/m1/s1. The van der Waals surface area contributed by atoms with E-state index in [-0.39, 0.29) is 23.8 Å². The molecule has 1 fully saturated rings. The number of allylic oxidation sites excluding steroid dienone is 1. The number of hydrogen-bond acceptors (Lipinski definition) is 6. The van der Waals surface area contributed by atoms with Crippen molar-refractivity contribution in [2.75, 3.05) is 12.4 Å². The van der Waals surface area contributed by atoms with Gasteiger partial charge in [0.2, 0.25) is 5.91 Å². The summed E-state index contributed by atoms with van der Waals surface area (Å²) in [6.07, 6.45) is 0.0530. The number of benzene rings is 2. The van der Waals surface area contributed by atoms with Gasteiger partial charge >= 0.3 is 0 Å². The number of aliphatic hydroxyl groups is 1. The van der Waals surface area contributed by atoms with Gasteiger partial charge in [-0.05, 0) is 31.5 Å². The maximum atomic E-state index is 13.2. The number of carbonyl (C=O) groups is 1. The Balaban J connectivity index is 1.78. The van der Waals surface area contributed by atoms with Crippen LogP contribution in [0.3, 0.4) is 0 Å². The summed E-state index contributed by atoms with van der Waals surface area (Å²) in [5.74, 6) is -0.106. The molecule has 0 bridgehead atoms. The van der Waals surface area contributed by atoms with E-state index in [0.717, 1.165) is 11.1 Å². The van der Waals surface area contributed by atoms with Gasteiger partial charge in [-0.1, -0.05) is 35.9 Å². The second-order valence-corrected chi connectivity index (χ2v) is 8.41. The summed E-state index contributed by atoms with van der Waals surface area (Å²) in [6.45, 7) is 4.17. The number of phenolic OH excluding ortho intramolecular Hbond substituents is 1. The average Bonchev–Trinajstić information content (AvgIpc) is 3.09. The number of ether oxygens (including phenoxy) is 1. The van der Waals surface area contributed by atoms with Crippen LogP contribution in [0.5, 0.6) is 11.5 Å². The largest absolute Gasteiger partial charge is 0.504 e. The first-order chi connectivity index (χ1) is 14.4. The van der Waals surface area contributed by atoms with Gasteiger partial charge in [-0.2, -0.15) is 5.26 Å². The van der Waals surface area contributed by atoms with Crippen LogP contribution >= 0.6 is 11.8 Å². The maximum absolute atomic E-state index is 13.2. The van der Waals surface area contributed by atoms with Gasteiger partial charge in [0.1, 0.15) is 0 Å². The molecule has 4 rings (SSSR count). The lowest BCUT2D eigenvalue weighted by molar-refractivity contribution is -0.149. The number of nitriles is 1. The number of carbonyl (C=O) groups excluding carboxylic acids is 1. The zero-order chi connectivity index (χ0) is 21.5. The zero-order valence-electron chi connectivity index (χ0n) is 16.8. The van der Waals surface area contributed by atoms with E-state index in [1.807, 2.05) is 38.1 Å². The summed E-state index contributed by atoms with van der Waals surface area (Å²) in [6, 6.07) is 14.6. The van der Waals surface area contributed by atoms with Crippen molar-refractivity contribution in [1.29, 1.82) is 5.26 Å². The minimum Gasteiger partial charge on any atom is -0.504 e. The number of phenols is 1. The molecule has 7 heteroatoms. The third kappa shape index (κ3) is 3.22. The van der Waals surface area contributed by atoms with Gasteiger partial charge in [0.05, 0.1) is 29.0 Å². The van der Waals surface area contributed by atoms with Gasteiger partial charge in [0, 0.05) is 17.9 Å². The maximum Gasteiger partial charge on any atom is 0.231 e. The molecule has 2 aliphatic rings. The molecular weight excluding hydrogens is 400 g/mol. The van der Waals surface area contributed by atoms with E-state index in [4.69, 9.17) is 4.74 Å². The molecule has 0 spiro atoms. The van der Waals surface area contributed by atoms with E-state index in [9.17, 15) is 20.3 Å². The van der Waals surface area contributed by atoms with Crippen LogP contribution < -0.4 is 4.74 Å². The molecule has 0 saturated carbocycles. The first kappa shape index (κ1) is 20.3. The Morgan fingerprint density at radius 1 is 1.30 bits per heavy atom. The third-order valence-corrected chi connectivity index (χ3v) is 6.73. The summed E-state index contributed by atoms with van der Waals surface area (Å²) in [7, 11) is 0. The quantitative estimate of drug-likeness (QED) is 0.780. The minimum absolute atomic E-state index is 0.0134. The number of aryl methyl sites for hydroxylation is 1. The van der Waals surface area contributed by atoms with Crippen molar-refractivity contribution >= 4 is 17.7 Å². The van der Waals surface area contributed by atoms with Gasteiger partial charge in [-0.25, -0.2) is 0 Å². The second kappa shape index (κ2) is 7.71. The van der Waals surface area contributed by atoms with E-state index in [2.05, 4.69) is 6.07 Å². The number of aromatic hydroxyl groups is 1. The topological polar surface area (TPSA) is 93.8 Å². The Morgan fingerprint density at radius 3 is 2.70 bits per heavy atom. The van der Waals surface area contributed by atoms with Crippen LogP contribution in [0.25, 0.3) is 0 Å². The molecule has 30 heavy (non-hydrogen) atoms. The highest BCUT2D eigenvalue weighted by molar-refractivity contribution is 8.03. The van der Waals surface area contributed by atoms with E-state index in [1.165, 1.54) is 22.7 Å². The third-order valence-electron chi connectivity index (χ3n) is 5.51. The average molecular weight is 423 g/mol. The van der Waals surface area contributed by atoms with Crippen molar-refractivity contribution in [3.05, 3.63) is 69.8 Å². The molecule has 2 aromatic carbocycles. The van der Waals surface area contributed by atoms with Gasteiger partial charge in [-0.3, -0.25) is 9.69 Å². The van der Waals surface area contributed by atoms with Crippen LogP contribution in [0.1, 0.15) is 36.0 Å². The molecule has 2 atom stereocenters. The molecule has 1 amide bonds. The Hall–Kier alpha value is -2.95. The molecule has 0 aromatic heterocycles. The van der Waals surface area contributed by atoms with Crippen LogP contribution in [-0.2, 0) is 10.5 Å². The van der Waals surface area contributed by atoms with Crippen molar-refractivity contribution in [3.8, 4) is 17.6 Å². The van der Waals surface area contributed by atoms with Crippen LogP contribution in [0.4, 0.5) is 0 Å². The van der Waals surface area contributed by atoms with Crippen molar-refractivity contribution in [2.45, 2.75) is 31.9 Å². The van der Waals surface area contributed by atoms with Crippen LogP contribution in [0.2, 0.25) is 0 Å². The van der Waals surface area contributed by atoms with E-state index < -0.39 is 11.6 Å². The molecule has 6 nitrogen and oxygen atoms in total. The summed E-state index contributed by atoms with van der Waals surface area (Å²) in [4.78, 5) is 14.6. The second-order valence-electron chi connectivity index (χ2n) is 7.45. The molecular formula is C23H22N2O4S. The fraction of sp³-hybridized carbons (Fsp3) is 0.304. The zero-order valence-corrected chi connectivity index (χ0v) is 17.6. The van der Waals surface area contributed by atoms with Crippen molar-refractivity contribution < 1.29 is 19.7 Å². The molecule has 0 radical (unpaired) electrons. The lowest BCUT2D eigenvalue weighted by Gasteiger charge is -2.38. The van der Waals surface area contributed by atoms with Crippen molar-refractivity contribution in [3.63, 3.8) is 0 Å². The molecule has 0 aliphatic carbocycles. The lowest BCUT2D eigenvalue weighted by Crippen LogP contribution is -2.48. The highest BCUT2D eigenvalue weighted by Gasteiger charge is 2.51. The number of rotatable bonds is 4. The number of nitrogens with zero attached hydrogens (tertiary/aromatic N) is 2. The molecule has 2 aromatic rings. The molecule has 1 saturated heterocycles. The highest BCUT2D eigenvalue weighted by Crippen LogP contribution is 2.52. The molecule has 0 unspecified atom stereocenters. The van der Waals surface area contributed by atoms with Crippen molar-refractivity contribution in [1.82, 2.24) is 4.90 Å². The van der Waals surface area contributed by atoms with Crippen LogP contribution in [0, 0.1) is 18.3 Å². The van der Waals surface area contributed by atoms with Crippen LogP contribution in [-0.4, -0.2) is 33.4 Å². The predicted octanol–water partition coefficient (Wildman–Crippen LogP) is 3.74. The predicted molar refractivity (Wildman–Crippen MR) is 114 cm³/mol. The Kier molecular flexibility index (Phi) is 5.22. The minimum atomic E-state index is -1.48. The smallest absolute Gasteiger partial charge is 0.231 e. The van der Waals surface area contributed by atoms with Crippen LogP contribution in [0.15, 0.2) is 53.1 Å². The number of fused-ring (bicyclic) bond motifs is 1. The molecule has 2 N–H and O–H groups in total. The molecule has 2 aliphatic heterocycles. The van der Waals surface area contributed by atoms with Gasteiger partial charge in [0.25, 0.3) is 0 Å². The Labute approximate surface area is 179 Å². The first-order valence-corrected chi connectivity index (χ1v) is 10.7. The summed E-state index contributed by atoms with van der Waals surface area (Å²) in [5.41, 5.74) is 1.37. The first-order valence-electron chi connectivity index (χ1n) is 9.74. The number of amides is 1. The van der Waals surface area contributed by atoms with Gasteiger partial charge in [-0.15, -0.1) is 11.8 Å². The normalized spacial score (nSPS) is 23.3. The van der Waals surface area contributed by atoms with E-state index in [1.54, 1.807) is 12.1 Å². The van der Waals surface area contributed by atoms with Gasteiger partial charge in [0.15, 0.2) is 17.2 Å². The fourth-order valence-electron chi connectivity index (χ4n) is 3.96. The lowest BCUT2D eigenvalue weighted by atomic mass is 9.85.